The maximum atomic E-state index is 13.0. The van der Waals surface area contributed by atoms with Gasteiger partial charge in [0.2, 0.25) is 11.8 Å². The summed E-state index contributed by atoms with van der Waals surface area (Å²) in [4.78, 5) is 40.2. The van der Waals surface area contributed by atoms with Gasteiger partial charge in [0.05, 0.1) is 29.5 Å². The molecule has 1 saturated heterocycles. The predicted octanol–water partition coefficient (Wildman–Crippen LogP) is 3.71. The van der Waals surface area contributed by atoms with E-state index < -0.39 is 23.7 Å². The molecule has 1 fully saturated rings. The average Bonchev–Trinajstić information content (AvgIpc) is 2.76. The molecule has 0 radical (unpaired) electrons. The molecule has 1 aromatic rings. The normalized spacial score (nSPS) is 25.7. The van der Waals surface area contributed by atoms with E-state index in [0.717, 1.165) is 35.5 Å². The van der Waals surface area contributed by atoms with Crippen molar-refractivity contribution in [2.45, 2.75) is 51.1 Å². The van der Waals surface area contributed by atoms with E-state index in [4.69, 9.17) is 4.74 Å². The molecule has 0 spiro atoms. The first-order valence-electron chi connectivity index (χ1n) is 10.5. The van der Waals surface area contributed by atoms with Gasteiger partial charge in [-0.3, -0.25) is 14.4 Å². The van der Waals surface area contributed by atoms with Crippen LogP contribution >= 0.6 is 27.7 Å². The number of ether oxygens (including phenoxy) is 1. The minimum Gasteiger partial charge on any atom is -0.468 e. The summed E-state index contributed by atoms with van der Waals surface area (Å²) < 4.78 is 5.62. The van der Waals surface area contributed by atoms with Gasteiger partial charge in [-0.05, 0) is 50.8 Å². The maximum absolute atomic E-state index is 13.0. The van der Waals surface area contributed by atoms with E-state index in [1.807, 2.05) is 24.8 Å². The summed E-state index contributed by atoms with van der Waals surface area (Å²) in [7, 11) is 1.22. The topological polar surface area (TPSA) is 99.5 Å². The van der Waals surface area contributed by atoms with E-state index >= 15 is 0 Å². The molecule has 170 valence electrons. The van der Waals surface area contributed by atoms with Crippen molar-refractivity contribution in [3.63, 3.8) is 0 Å². The van der Waals surface area contributed by atoms with Gasteiger partial charge in [0.25, 0.3) is 0 Å². The van der Waals surface area contributed by atoms with Crippen molar-refractivity contribution in [1.29, 1.82) is 5.26 Å². The number of amides is 2. The Kier molecular flexibility index (Phi) is 8.01. The van der Waals surface area contributed by atoms with Gasteiger partial charge < -0.3 is 15.0 Å². The number of benzene rings is 1. The summed E-state index contributed by atoms with van der Waals surface area (Å²) in [5.74, 6) is -3.17. The monoisotopic (exact) mass is 519 g/mol. The molecule has 7 nitrogen and oxygen atoms in total. The van der Waals surface area contributed by atoms with E-state index in [1.54, 1.807) is 18.2 Å². The number of methoxy groups -OCH3 is 1. The Morgan fingerprint density at radius 3 is 2.59 bits per heavy atom. The zero-order chi connectivity index (χ0) is 23.4. The van der Waals surface area contributed by atoms with Gasteiger partial charge in [-0.1, -0.05) is 39.8 Å². The lowest BCUT2D eigenvalue weighted by atomic mass is 9.78. The highest BCUT2D eigenvalue weighted by molar-refractivity contribution is 9.10. The fraction of sp³-hybridized carbons (Fsp3) is 0.478. The third-order valence-electron chi connectivity index (χ3n) is 6.01. The molecule has 4 atom stereocenters. The fourth-order valence-electron chi connectivity index (χ4n) is 4.50. The van der Waals surface area contributed by atoms with Crippen LogP contribution in [-0.2, 0) is 19.1 Å². The zero-order valence-electron chi connectivity index (χ0n) is 18.3. The van der Waals surface area contributed by atoms with Gasteiger partial charge in [-0.25, -0.2) is 0 Å². The highest BCUT2D eigenvalue weighted by atomic mass is 79.9. The molecule has 0 bridgehead atoms. The molecule has 0 aliphatic carbocycles. The number of hydrogen-bond donors (Lipinski definition) is 1. The number of thioether (sulfide) groups is 1. The number of hydrogen-bond acceptors (Lipinski definition) is 6. The first-order valence-corrected chi connectivity index (χ1v) is 12.3. The van der Waals surface area contributed by atoms with Crippen molar-refractivity contribution >= 4 is 45.5 Å². The number of likely N-dealkylation sites (tertiary alicyclic amines) is 1. The van der Waals surface area contributed by atoms with Crippen LogP contribution in [0.15, 0.2) is 39.3 Å². The number of nitrogens with zero attached hydrogens (tertiary/aromatic N) is 2. The van der Waals surface area contributed by atoms with Gasteiger partial charge >= 0.3 is 5.97 Å². The number of nitrogens with one attached hydrogen (secondary N) is 1. The highest BCUT2D eigenvalue weighted by Gasteiger charge is 2.44. The second-order valence-electron chi connectivity index (χ2n) is 8.10. The van der Waals surface area contributed by atoms with Gasteiger partial charge in [0.1, 0.15) is 5.92 Å². The number of carbonyl (C=O) groups excluding carboxylic acids is 3. The Hall–Kier alpha value is -2.31. The fourth-order valence-corrected chi connectivity index (χ4v) is 5.84. The number of halogens is 1. The molecule has 0 saturated carbocycles. The molecule has 0 aromatic heterocycles. The molecule has 32 heavy (non-hydrogen) atoms. The molecule has 9 heteroatoms. The molecule has 2 aliphatic rings. The van der Waals surface area contributed by atoms with Crippen LogP contribution in [0.2, 0.25) is 0 Å². The Morgan fingerprint density at radius 2 is 2.00 bits per heavy atom. The van der Waals surface area contributed by atoms with Crippen molar-refractivity contribution in [2.75, 3.05) is 12.9 Å². The average molecular weight is 520 g/mol. The Morgan fingerprint density at radius 1 is 1.31 bits per heavy atom. The van der Waals surface area contributed by atoms with E-state index in [0.29, 0.717) is 10.6 Å². The third kappa shape index (κ3) is 5.02. The lowest BCUT2D eigenvalue weighted by Gasteiger charge is -2.39. The third-order valence-corrected chi connectivity index (χ3v) is 7.51. The predicted molar refractivity (Wildman–Crippen MR) is 125 cm³/mol. The lowest BCUT2D eigenvalue weighted by molar-refractivity contribution is -0.150. The Bertz CT molecular complexity index is 980. The second-order valence-corrected chi connectivity index (χ2v) is 10.00. The van der Waals surface area contributed by atoms with Crippen molar-refractivity contribution in [3.05, 3.63) is 44.9 Å². The van der Waals surface area contributed by atoms with Crippen LogP contribution in [0.25, 0.3) is 0 Å². The van der Waals surface area contributed by atoms with Crippen molar-refractivity contribution < 1.29 is 19.1 Å². The van der Waals surface area contributed by atoms with E-state index in [-0.39, 0.29) is 29.3 Å². The van der Waals surface area contributed by atoms with E-state index in [9.17, 15) is 19.6 Å². The number of allylic oxidation sites excluding steroid dienone is 1. The molecule has 1 N–H and O–H groups in total. The van der Waals surface area contributed by atoms with Crippen molar-refractivity contribution in [1.82, 2.24) is 10.2 Å². The summed E-state index contributed by atoms with van der Waals surface area (Å²) in [6.07, 6.45) is 3.03. The molecule has 2 heterocycles. The van der Waals surface area contributed by atoms with Crippen LogP contribution < -0.4 is 5.32 Å². The molecule has 2 amide bonds. The van der Waals surface area contributed by atoms with Crippen LogP contribution in [0.3, 0.4) is 0 Å². The first kappa shape index (κ1) is 24.3. The number of esters is 1. The molecule has 2 aliphatic heterocycles. The van der Waals surface area contributed by atoms with Gasteiger partial charge in [0, 0.05) is 22.5 Å². The van der Waals surface area contributed by atoms with E-state index in [2.05, 4.69) is 27.3 Å². The number of piperidine rings is 1. The van der Waals surface area contributed by atoms with Crippen LogP contribution in [0.5, 0.6) is 0 Å². The van der Waals surface area contributed by atoms with Crippen LogP contribution in [-0.4, -0.2) is 47.6 Å². The Balaban J connectivity index is 1.93. The molecular formula is C23H26BrN3O4S. The number of rotatable bonds is 5. The molecule has 3 rings (SSSR count). The van der Waals surface area contributed by atoms with Gasteiger partial charge in [0.15, 0.2) is 0 Å². The molecule has 0 unspecified atom stereocenters. The second kappa shape index (κ2) is 10.5. The van der Waals surface area contributed by atoms with Gasteiger partial charge in [-0.2, -0.15) is 5.26 Å². The summed E-state index contributed by atoms with van der Waals surface area (Å²) in [6.45, 7) is 4.09. The van der Waals surface area contributed by atoms with Crippen molar-refractivity contribution in [2.24, 2.45) is 5.92 Å². The smallest absolute Gasteiger partial charge is 0.319 e. The van der Waals surface area contributed by atoms with Crippen LogP contribution in [0, 0.1) is 17.2 Å². The summed E-state index contributed by atoms with van der Waals surface area (Å²) in [5.41, 5.74) is 0.888. The molecular weight excluding hydrogens is 494 g/mol. The minimum absolute atomic E-state index is 0.0252. The standard InChI is InChI=1S/C23H26BrN3O4S/c1-13-6-4-7-14(2)27(13)18(28)12-32-22-17(11-25)19(15-8-5-9-16(24)10-15)20(21(29)26-22)23(30)31-3/h5,8-10,13-14,19-20H,4,6-7,12H2,1-3H3,(H,26,29)/t13-,14-,19-,20+/m1/s1. The van der Waals surface area contributed by atoms with Crippen LogP contribution in [0.1, 0.15) is 44.6 Å². The number of nitriles is 1. The minimum atomic E-state index is -1.19. The summed E-state index contributed by atoms with van der Waals surface area (Å²) in [5, 5.41) is 13.0. The lowest BCUT2D eigenvalue weighted by Crippen LogP contribution is -2.48. The summed E-state index contributed by atoms with van der Waals surface area (Å²) in [6, 6.07) is 9.65. The largest absolute Gasteiger partial charge is 0.468 e. The Labute approximate surface area is 200 Å². The molecule has 1 aromatic carbocycles. The highest BCUT2D eigenvalue weighted by Crippen LogP contribution is 2.41. The van der Waals surface area contributed by atoms with Crippen molar-refractivity contribution in [3.8, 4) is 6.07 Å². The maximum Gasteiger partial charge on any atom is 0.319 e. The van der Waals surface area contributed by atoms with Crippen LogP contribution in [0.4, 0.5) is 0 Å². The first-order chi connectivity index (χ1) is 15.3. The van der Waals surface area contributed by atoms with E-state index in [1.165, 1.54) is 7.11 Å². The number of carbonyl (C=O) groups is 3. The van der Waals surface area contributed by atoms with Gasteiger partial charge in [-0.15, -0.1) is 0 Å². The summed E-state index contributed by atoms with van der Waals surface area (Å²) >= 11 is 4.54. The quantitative estimate of drug-likeness (QED) is 0.470. The SMILES string of the molecule is COC(=O)[C@@H]1C(=O)NC(SCC(=O)N2[C@H](C)CCC[C@H]2C)=C(C#N)[C@H]1c1cccc(Br)c1. The zero-order valence-corrected chi connectivity index (χ0v) is 20.7.